The van der Waals surface area contributed by atoms with E-state index in [1.165, 1.54) is 0 Å². The molecule has 1 saturated heterocycles. The highest BCUT2D eigenvalue weighted by atomic mass is 16.5. The molecule has 0 unspecified atom stereocenters. The van der Waals surface area contributed by atoms with Crippen LogP contribution in [-0.4, -0.2) is 43.7 Å². The first-order valence-electron chi connectivity index (χ1n) is 5.17. The minimum atomic E-state index is -0.115. The van der Waals surface area contributed by atoms with Crippen molar-refractivity contribution in [3.63, 3.8) is 0 Å². The number of hydrogen-bond acceptors (Lipinski definition) is 3. The quantitative estimate of drug-likeness (QED) is 0.658. The number of amides is 1. The second-order valence-electron chi connectivity index (χ2n) is 3.68. The van der Waals surface area contributed by atoms with E-state index in [1.54, 1.807) is 18.9 Å². The summed E-state index contributed by atoms with van der Waals surface area (Å²) in [6.07, 6.45) is 0.946. The fourth-order valence-corrected chi connectivity index (χ4v) is 2.02. The van der Waals surface area contributed by atoms with E-state index in [0.29, 0.717) is 19.1 Å². The average Bonchev–Trinajstić information content (AvgIpc) is 2.62. The van der Waals surface area contributed by atoms with Crippen LogP contribution in [0.25, 0.3) is 0 Å². The van der Waals surface area contributed by atoms with Crippen LogP contribution in [0.5, 0.6) is 0 Å². The molecule has 1 fully saturated rings. The highest BCUT2D eigenvalue weighted by Gasteiger charge is 2.35. The van der Waals surface area contributed by atoms with Gasteiger partial charge in [-0.2, -0.15) is 0 Å². The van der Waals surface area contributed by atoms with Gasteiger partial charge < -0.3 is 15.4 Å². The summed E-state index contributed by atoms with van der Waals surface area (Å²) in [4.78, 5) is 13.4. The normalized spacial score (nSPS) is 24.9. The smallest absolute Gasteiger partial charge is 0.298 e. The van der Waals surface area contributed by atoms with Gasteiger partial charge in [-0.25, -0.2) is 0 Å². The lowest BCUT2D eigenvalue weighted by Crippen LogP contribution is -2.41. The molecule has 0 aromatic rings. The molecule has 4 nitrogen and oxygen atoms in total. The maximum atomic E-state index is 11.6. The fourth-order valence-electron chi connectivity index (χ4n) is 2.02. The molecule has 2 N–H and O–H groups in total. The molecule has 2 atom stereocenters. The van der Waals surface area contributed by atoms with Gasteiger partial charge in [0.25, 0.3) is 5.91 Å². The molecule has 0 aromatic carbocycles. The van der Waals surface area contributed by atoms with E-state index < -0.39 is 0 Å². The first-order chi connectivity index (χ1) is 7.24. The molecular formula is C11H18N2O2. The Kier molecular flexibility index (Phi) is 4.60. The molecule has 4 heteroatoms. The molecule has 0 radical (unpaired) electrons. The van der Waals surface area contributed by atoms with Crippen LogP contribution in [0, 0.1) is 17.8 Å². The third kappa shape index (κ3) is 2.71. The van der Waals surface area contributed by atoms with E-state index >= 15 is 0 Å². The van der Waals surface area contributed by atoms with Crippen molar-refractivity contribution >= 4 is 5.91 Å². The number of rotatable bonds is 3. The molecule has 1 amide bonds. The number of methoxy groups -OCH3 is 1. The monoisotopic (exact) mass is 210 g/mol. The Morgan fingerprint density at radius 1 is 1.67 bits per heavy atom. The van der Waals surface area contributed by atoms with Gasteiger partial charge in [-0.15, -0.1) is 0 Å². The van der Waals surface area contributed by atoms with E-state index in [-0.39, 0.29) is 11.9 Å². The van der Waals surface area contributed by atoms with Gasteiger partial charge in [-0.3, -0.25) is 4.79 Å². The highest BCUT2D eigenvalue weighted by Crippen LogP contribution is 2.23. The van der Waals surface area contributed by atoms with E-state index in [1.807, 2.05) is 0 Å². The minimum absolute atomic E-state index is 0.0911. The van der Waals surface area contributed by atoms with E-state index in [4.69, 9.17) is 10.5 Å². The standard InChI is InChI=1S/C11H18N2O2/c1-3-4-11(14)13-6-5-9(7-12)10(13)8-15-2/h9-10H,5-8,12H2,1-2H3/t9-,10+/m0/s1. The van der Waals surface area contributed by atoms with Crippen LogP contribution in [0.2, 0.25) is 0 Å². The number of hydrogen-bond donors (Lipinski definition) is 1. The largest absolute Gasteiger partial charge is 0.383 e. The lowest BCUT2D eigenvalue weighted by molar-refractivity contribution is -0.127. The van der Waals surface area contributed by atoms with Crippen molar-refractivity contribution in [1.29, 1.82) is 0 Å². The maximum absolute atomic E-state index is 11.6. The van der Waals surface area contributed by atoms with E-state index in [0.717, 1.165) is 13.0 Å². The Balaban J connectivity index is 2.70. The Morgan fingerprint density at radius 3 is 2.93 bits per heavy atom. The first kappa shape index (κ1) is 12.0. The van der Waals surface area contributed by atoms with Crippen molar-refractivity contribution in [3.8, 4) is 11.8 Å². The van der Waals surface area contributed by atoms with Gasteiger partial charge in [-0.05, 0) is 31.7 Å². The number of nitrogens with two attached hydrogens (primary N) is 1. The van der Waals surface area contributed by atoms with Crippen LogP contribution >= 0.6 is 0 Å². The van der Waals surface area contributed by atoms with Gasteiger partial charge in [0.1, 0.15) is 0 Å². The summed E-state index contributed by atoms with van der Waals surface area (Å²) in [6.45, 7) is 3.54. The number of ether oxygens (including phenoxy) is 1. The summed E-state index contributed by atoms with van der Waals surface area (Å²) < 4.78 is 5.12. The molecule has 1 rings (SSSR count). The number of carbonyl (C=O) groups excluding carboxylic acids is 1. The van der Waals surface area contributed by atoms with E-state index in [9.17, 15) is 4.79 Å². The molecule has 1 aliphatic rings. The summed E-state index contributed by atoms with van der Waals surface area (Å²) >= 11 is 0. The molecule has 84 valence electrons. The topological polar surface area (TPSA) is 55.6 Å². The predicted molar refractivity (Wildman–Crippen MR) is 58.0 cm³/mol. The molecule has 0 saturated carbocycles. The van der Waals surface area contributed by atoms with Gasteiger partial charge in [0.15, 0.2) is 0 Å². The van der Waals surface area contributed by atoms with Crippen molar-refractivity contribution in [3.05, 3.63) is 0 Å². The number of likely N-dealkylation sites (tertiary alicyclic amines) is 1. The van der Waals surface area contributed by atoms with Gasteiger partial charge in [0.2, 0.25) is 0 Å². The lowest BCUT2D eigenvalue weighted by Gasteiger charge is -2.25. The Hall–Kier alpha value is -1.05. The Morgan fingerprint density at radius 2 is 2.40 bits per heavy atom. The number of nitrogens with zero attached hydrogens (tertiary/aromatic N) is 1. The lowest BCUT2D eigenvalue weighted by atomic mass is 10.0. The van der Waals surface area contributed by atoms with E-state index in [2.05, 4.69) is 11.8 Å². The molecule has 0 aliphatic carbocycles. The highest BCUT2D eigenvalue weighted by molar-refractivity contribution is 5.93. The van der Waals surface area contributed by atoms with Crippen molar-refractivity contribution < 1.29 is 9.53 Å². The Bertz CT molecular complexity index is 280. The maximum Gasteiger partial charge on any atom is 0.298 e. The van der Waals surface area contributed by atoms with Crippen LogP contribution < -0.4 is 5.73 Å². The molecule has 0 bridgehead atoms. The second-order valence-corrected chi connectivity index (χ2v) is 3.68. The zero-order valence-electron chi connectivity index (χ0n) is 9.32. The average molecular weight is 210 g/mol. The van der Waals surface area contributed by atoms with Gasteiger partial charge in [-0.1, -0.05) is 5.92 Å². The summed E-state index contributed by atoms with van der Waals surface area (Å²) in [6, 6.07) is 0.0911. The first-order valence-corrected chi connectivity index (χ1v) is 5.17. The Labute approximate surface area is 90.8 Å². The van der Waals surface area contributed by atoms with Crippen molar-refractivity contribution in [2.45, 2.75) is 19.4 Å². The molecule has 15 heavy (non-hydrogen) atoms. The van der Waals surface area contributed by atoms with Crippen molar-refractivity contribution in [1.82, 2.24) is 4.90 Å². The fraction of sp³-hybridized carbons (Fsp3) is 0.727. The molecule has 0 aromatic heterocycles. The van der Waals surface area contributed by atoms with Crippen molar-refractivity contribution in [2.75, 3.05) is 26.8 Å². The summed E-state index contributed by atoms with van der Waals surface area (Å²) in [7, 11) is 1.64. The van der Waals surface area contributed by atoms with Crippen LogP contribution in [0.15, 0.2) is 0 Å². The molecule has 1 heterocycles. The van der Waals surface area contributed by atoms with Gasteiger partial charge >= 0.3 is 0 Å². The number of carbonyl (C=O) groups is 1. The van der Waals surface area contributed by atoms with Crippen LogP contribution in [0.1, 0.15) is 13.3 Å². The molecular weight excluding hydrogens is 192 g/mol. The third-order valence-electron chi connectivity index (χ3n) is 2.82. The zero-order chi connectivity index (χ0) is 11.3. The van der Waals surface area contributed by atoms with Crippen LogP contribution in [0.3, 0.4) is 0 Å². The summed E-state index contributed by atoms with van der Waals surface area (Å²) in [5.41, 5.74) is 5.66. The zero-order valence-corrected chi connectivity index (χ0v) is 9.32. The molecule has 1 aliphatic heterocycles. The molecule has 0 spiro atoms. The SMILES string of the molecule is CC#CC(=O)N1CC[C@@H](CN)[C@H]1COC. The summed E-state index contributed by atoms with van der Waals surface area (Å²) in [5.74, 6) is 5.41. The minimum Gasteiger partial charge on any atom is -0.383 e. The van der Waals surface area contributed by atoms with Crippen LogP contribution in [0.4, 0.5) is 0 Å². The summed E-state index contributed by atoms with van der Waals surface area (Å²) in [5, 5.41) is 0. The van der Waals surface area contributed by atoms with Crippen LogP contribution in [-0.2, 0) is 9.53 Å². The third-order valence-corrected chi connectivity index (χ3v) is 2.82. The van der Waals surface area contributed by atoms with Gasteiger partial charge in [0.05, 0.1) is 12.6 Å². The predicted octanol–water partition coefficient (Wildman–Crippen LogP) is -0.168. The second kappa shape index (κ2) is 5.74. The van der Waals surface area contributed by atoms with Crippen molar-refractivity contribution in [2.24, 2.45) is 11.7 Å². The van der Waals surface area contributed by atoms with Gasteiger partial charge in [0, 0.05) is 13.7 Å².